The third-order valence-corrected chi connectivity index (χ3v) is 5.86. The Morgan fingerprint density at radius 2 is 1.91 bits per heavy atom. The number of hydrogen-bond donors (Lipinski definition) is 2. The molecule has 166 valence electrons. The lowest BCUT2D eigenvalue weighted by atomic mass is 9.87. The van der Waals surface area contributed by atoms with Gasteiger partial charge in [0.1, 0.15) is 11.5 Å². The maximum atomic E-state index is 13.3. The van der Waals surface area contributed by atoms with Gasteiger partial charge in [-0.05, 0) is 67.7 Å². The van der Waals surface area contributed by atoms with Crippen molar-refractivity contribution in [2.24, 2.45) is 0 Å². The average molecular weight is 433 g/mol. The Morgan fingerprint density at radius 1 is 1.16 bits per heavy atom. The van der Waals surface area contributed by atoms with E-state index >= 15 is 0 Å². The van der Waals surface area contributed by atoms with Crippen molar-refractivity contribution in [3.8, 4) is 17.2 Å². The number of nitrogens with one attached hydrogen (secondary N) is 2. The standard InChI is InChI=1S/C26H28N2O4/c1-3-30-20-11-8-18(9-12-20)6-4-5-7-21(28-2)24(27)25(29)26(14-15-26)19-10-13-22-23(16-19)32-17-31-22/h4-5,7-13,16,27-28H,3,6,14-15,17H2,1-2H3/b5-4-,21-7-,27-24?. The second-order valence-electron chi connectivity index (χ2n) is 7.89. The largest absolute Gasteiger partial charge is 0.494 e. The van der Waals surface area contributed by atoms with Crippen molar-refractivity contribution in [2.45, 2.75) is 31.6 Å². The molecule has 0 aromatic heterocycles. The zero-order chi connectivity index (χ0) is 22.6. The van der Waals surface area contributed by atoms with Gasteiger partial charge in [-0.1, -0.05) is 30.4 Å². The van der Waals surface area contributed by atoms with Gasteiger partial charge in [0.25, 0.3) is 0 Å². The van der Waals surface area contributed by atoms with Crippen molar-refractivity contribution in [3.63, 3.8) is 0 Å². The minimum Gasteiger partial charge on any atom is -0.494 e. The minimum absolute atomic E-state index is 0.00613. The summed E-state index contributed by atoms with van der Waals surface area (Å²) in [7, 11) is 1.73. The van der Waals surface area contributed by atoms with Gasteiger partial charge in [-0.25, -0.2) is 0 Å². The molecule has 2 N–H and O–H groups in total. The van der Waals surface area contributed by atoms with E-state index in [0.29, 0.717) is 23.8 Å². The van der Waals surface area contributed by atoms with Crippen molar-refractivity contribution < 1.29 is 19.0 Å². The second-order valence-corrected chi connectivity index (χ2v) is 7.89. The molecule has 1 saturated carbocycles. The summed E-state index contributed by atoms with van der Waals surface area (Å²) in [6.45, 7) is 2.81. The fraction of sp³-hybridized carbons (Fsp3) is 0.308. The van der Waals surface area contributed by atoms with Gasteiger partial charge in [-0.3, -0.25) is 10.2 Å². The third kappa shape index (κ3) is 4.40. The Morgan fingerprint density at radius 3 is 2.59 bits per heavy atom. The first-order chi connectivity index (χ1) is 15.6. The maximum absolute atomic E-state index is 13.3. The van der Waals surface area contributed by atoms with Gasteiger partial charge < -0.3 is 19.5 Å². The van der Waals surface area contributed by atoms with Crippen molar-refractivity contribution in [3.05, 3.63) is 77.5 Å². The lowest BCUT2D eigenvalue weighted by molar-refractivity contribution is -0.115. The van der Waals surface area contributed by atoms with Crippen molar-refractivity contribution in [1.82, 2.24) is 5.32 Å². The fourth-order valence-corrected chi connectivity index (χ4v) is 3.88. The number of ether oxygens (including phenoxy) is 3. The van der Waals surface area contributed by atoms with Crippen LogP contribution in [-0.2, 0) is 16.6 Å². The van der Waals surface area contributed by atoms with E-state index in [-0.39, 0.29) is 18.3 Å². The number of allylic oxidation sites excluding steroid dienone is 4. The lowest BCUT2D eigenvalue weighted by Crippen LogP contribution is -2.32. The van der Waals surface area contributed by atoms with Crippen LogP contribution >= 0.6 is 0 Å². The average Bonchev–Trinajstić information content (AvgIpc) is 3.49. The number of fused-ring (bicyclic) bond motifs is 1. The molecular weight excluding hydrogens is 404 g/mol. The van der Waals surface area contributed by atoms with Crippen molar-refractivity contribution >= 4 is 11.5 Å². The number of rotatable bonds is 10. The van der Waals surface area contributed by atoms with Crippen LogP contribution in [-0.4, -0.2) is 31.9 Å². The van der Waals surface area contributed by atoms with Crippen LogP contribution in [0.25, 0.3) is 0 Å². The summed E-state index contributed by atoms with van der Waals surface area (Å²) in [5, 5.41) is 11.5. The van der Waals surface area contributed by atoms with Crippen LogP contribution in [0.1, 0.15) is 30.9 Å². The molecule has 0 unspecified atom stereocenters. The van der Waals surface area contributed by atoms with Crippen LogP contribution in [0.5, 0.6) is 17.2 Å². The fourth-order valence-electron chi connectivity index (χ4n) is 3.88. The van der Waals surface area contributed by atoms with Gasteiger partial charge in [0, 0.05) is 7.05 Å². The van der Waals surface area contributed by atoms with E-state index in [0.717, 1.165) is 36.1 Å². The monoisotopic (exact) mass is 432 g/mol. The summed E-state index contributed by atoms with van der Waals surface area (Å²) in [4.78, 5) is 13.3. The summed E-state index contributed by atoms with van der Waals surface area (Å²) >= 11 is 0. The first-order valence-electron chi connectivity index (χ1n) is 10.9. The van der Waals surface area contributed by atoms with Crippen LogP contribution in [0.2, 0.25) is 0 Å². The summed E-state index contributed by atoms with van der Waals surface area (Å²) in [5.41, 5.74) is 1.91. The maximum Gasteiger partial charge on any atom is 0.231 e. The molecular formula is C26H28N2O4. The molecule has 0 amide bonds. The number of carbonyl (C=O) groups excluding carboxylic acids is 1. The van der Waals surface area contributed by atoms with Gasteiger partial charge in [0.15, 0.2) is 17.3 Å². The normalized spacial score (nSPS) is 16.1. The van der Waals surface area contributed by atoms with Crippen molar-refractivity contribution in [1.29, 1.82) is 5.41 Å². The summed E-state index contributed by atoms with van der Waals surface area (Å²) in [5.74, 6) is 2.05. The van der Waals surface area contributed by atoms with E-state index < -0.39 is 5.41 Å². The van der Waals surface area contributed by atoms with Crippen LogP contribution in [0.4, 0.5) is 0 Å². The molecule has 0 saturated heterocycles. The quantitative estimate of drug-likeness (QED) is 0.431. The number of hydrogen-bond acceptors (Lipinski definition) is 6. The molecule has 0 bridgehead atoms. The smallest absolute Gasteiger partial charge is 0.231 e. The van der Waals surface area contributed by atoms with E-state index in [9.17, 15) is 4.79 Å². The van der Waals surface area contributed by atoms with Crippen LogP contribution in [0, 0.1) is 5.41 Å². The first kappa shape index (κ1) is 21.7. The Labute approximate surface area is 188 Å². The van der Waals surface area contributed by atoms with Gasteiger partial charge in [0.05, 0.1) is 17.7 Å². The molecule has 1 fully saturated rings. The van der Waals surface area contributed by atoms with Crippen molar-refractivity contribution in [2.75, 3.05) is 20.4 Å². The molecule has 2 aromatic rings. The van der Waals surface area contributed by atoms with Crippen LogP contribution in [0.15, 0.2) is 66.4 Å². The SMILES string of the molecule is CCOc1ccc(C/C=C\C=C(/NC)C(=N)C(=O)C2(c3ccc4c(c3)OCO4)CC2)cc1. The molecule has 0 radical (unpaired) electrons. The molecule has 2 aliphatic rings. The van der Waals surface area contributed by atoms with Gasteiger partial charge in [-0.15, -0.1) is 0 Å². The molecule has 1 aliphatic carbocycles. The highest BCUT2D eigenvalue weighted by Crippen LogP contribution is 2.51. The minimum atomic E-state index is -0.639. The van der Waals surface area contributed by atoms with Crippen LogP contribution in [0.3, 0.4) is 0 Å². The molecule has 4 rings (SSSR count). The van der Waals surface area contributed by atoms with E-state index in [2.05, 4.69) is 5.32 Å². The Bertz CT molecular complexity index is 1070. The van der Waals surface area contributed by atoms with Gasteiger partial charge >= 0.3 is 0 Å². The predicted molar refractivity (Wildman–Crippen MR) is 124 cm³/mol. The van der Waals surface area contributed by atoms with Gasteiger partial charge in [0.2, 0.25) is 6.79 Å². The number of Topliss-reactive ketones (excluding diaryl/α,β-unsaturated/α-hetero) is 1. The molecule has 6 heteroatoms. The summed E-state index contributed by atoms with van der Waals surface area (Å²) in [6, 6.07) is 13.6. The highest BCUT2D eigenvalue weighted by atomic mass is 16.7. The van der Waals surface area contributed by atoms with E-state index in [1.807, 2.05) is 61.5 Å². The second kappa shape index (κ2) is 9.30. The molecule has 32 heavy (non-hydrogen) atoms. The number of benzene rings is 2. The van der Waals surface area contributed by atoms with Gasteiger partial charge in [-0.2, -0.15) is 0 Å². The molecule has 0 atom stereocenters. The highest BCUT2D eigenvalue weighted by Gasteiger charge is 2.53. The third-order valence-electron chi connectivity index (χ3n) is 5.86. The molecule has 1 heterocycles. The Balaban J connectivity index is 1.42. The van der Waals surface area contributed by atoms with E-state index in [4.69, 9.17) is 19.6 Å². The Hall–Kier alpha value is -3.54. The topological polar surface area (TPSA) is 80.6 Å². The molecule has 0 spiro atoms. The molecule has 2 aromatic carbocycles. The molecule has 6 nitrogen and oxygen atoms in total. The van der Waals surface area contributed by atoms with E-state index in [1.165, 1.54) is 0 Å². The predicted octanol–water partition coefficient (Wildman–Crippen LogP) is 4.34. The lowest BCUT2D eigenvalue weighted by Gasteiger charge is -2.17. The zero-order valence-corrected chi connectivity index (χ0v) is 18.4. The van der Waals surface area contributed by atoms with E-state index in [1.54, 1.807) is 13.1 Å². The highest BCUT2D eigenvalue weighted by molar-refractivity contribution is 6.48. The zero-order valence-electron chi connectivity index (χ0n) is 18.4. The molecule has 1 aliphatic heterocycles. The first-order valence-corrected chi connectivity index (χ1v) is 10.9. The number of carbonyl (C=O) groups is 1. The summed E-state index contributed by atoms with van der Waals surface area (Å²) in [6.07, 6.45) is 7.89. The number of ketones is 1. The Kier molecular flexibility index (Phi) is 6.30. The summed E-state index contributed by atoms with van der Waals surface area (Å²) < 4.78 is 16.3. The van der Waals surface area contributed by atoms with Crippen LogP contribution < -0.4 is 19.5 Å².